The van der Waals surface area contributed by atoms with Crippen LogP contribution in [0.4, 0.5) is 11.8 Å². The van der Waals surface area contributed by atoms with Gasteiger partial charge in [0.2, 0.25) is 5.95 Å². The fourth-order valence-corrected chi connectivity index (χ4v) is 5.82. The molecule has 0 spiro atoms. The highest BCUT2D eigenvalue weighted by Gasteiger charge is 2.30. The van der Waals surface area contributed by atoms with Gasteiger partial charge in [0.15, 0.2) is 17.0 Å². The van der Waals surface area contributed by atoms with Crippen LogP contribution in [0.25, 0.3) is 11.2 Å². The minimum atomic E-state index is 0.251. The number of aromatic nitrogens is 5. The number of rotatable bonds is 8. The van der Waals surface area contributed by atoms with E-state index in [-0.39, 0.29) is 12.6 Å². The molecule has 10 heteroatoms. The van der Waals surface area contributed by atoms with Crippen molar-refractivity contribution in [3.05, 3.63) is 35.4 Å². The molecule has 3 aromatic heterocycles. The van der Waals surface area contributed by atoms with Crippen LogP contribution in [-0.2, 0) is 6.54 Å². The fourth-order valence-electron chi connectivity index (χ4n) is 5.64. The highest BCUT2D eigenvalue weighted by atomic mass is 35.5. The zero-order chi connectivity index (χ0) is 25.1. The van der Waals surface area contributed by atoms with E-state index in [4.69, 9.17) is 21.6 Å². The molecule has 2 N–H and O–H groups in total. The van der Waals surface area contributed by atoms with Crippen molar-refractivity contribution in [2.24, 2.45) is 11.8 Å². The molecule has 0 bridgehead atoms. The monoisotopic (exact) mass is 512 g/mol. The number of imidazole rings is 1. The first-order chi connectivity index (χ1) is 17.5. The third kappa shape index (κ3) is 5.43. The average Bonchev–Trinajstić information content (AvgIpc) is 3.33. The number of nitrogens with zero attached hydrogens (tertiary/aromatic N) is 7. The second kappa shape index (κ2) is 11.3. The number of aliphatic hydroxyl groups is 1. The molecule has 9 nitrogen and oxygen atoms in total. The largest absolute Gasteiger partial charge is 0.395 e. The van der Waals surface area contributed by atoms with Crippen LogP contribution in [0.15, 0.2) is 24.7 Å². The van der Waals surface area contributed by atoms with E-state index in [1.807, 2.05) is 18.5 Å². The Balaban J connectivity index is 1.31. The van der Waals surface area contributed by atoms with Gasteiger partial charge in [-0.05, 0) is 70.5 Å². The predicted molar refractivity (Wildman–Crippen MR) is 143 cm³/mol. The van der Waals surface area contributed by atoms with Crippen molar-refractivity contribution in [1.29, 1.82) is 0 Å². The Morgan fingerprint density at radius 3 is 2.44 bits per heavy atom. The Labute approximate surface area is 217 Å². The van der Waals surface area contributed by atoms with Crippen molar-refractivity contribution in [2.45, 2.75) is 52.1 Å². The minimum Gasteiger partial charge on any atom is -0.395 e. The van der Waals surface area contributed by atoms with Crippen LogP contribution in [0, 0.1) is 11.8 Å². The van der Waals surface area contributed by atoms with Gasteiger partial charge in [-0.3, -0.25) is 0 Å². The first kappa shape index (κ1) is 25.2. The molecular weight excluding hydrogens is 476 g/mol. The Bertz CT molecular complexity index is 1150. The summed E-state index contributed by atoms with van der Waals surface area (Å²) < 4.78 is 2.11. The number of nitrogens with one attached hydrogen (secondary N) is 1. The number of pyridine rings is 1. The molecule has 0 atom stereocenters. The zero-order valence-electron chi connectivity index (χ0n) is 21.3. The second-order valence-electron chi connectivity index (χ2n) is 10.3. The standard InChI is InChI=1S/C26H37ClN8O/c1-18(2)35-17-30-22-24(29-16-21-4-3-9-28-23(21)27)31-26(32-25(22)35)34-12-7-20(8-13-34)19-5-10-33(11-6-19)14-15-36/h3-4,9,17-20,36H,5-8,10-16H2,1-2H3,(H,29,31,32). The number of β-amino-alcohol motifs (C(OH)–C–C–N with tert-alkyl or cyclic N) is 1. The van der Waals surface area contributed by atoms with Gasteiger partial charge in [0.05, 0.1) is 12.9 Å². The van der Waals surface area contributed by atoms with E-state index in [1.165, 1.54) is 25.7 Å². The number of hydrogen-bond acceptors (Lipinski definition) is 8. The maximum Gasteiger partial charge on any atom is 0.229 e. The summed E-state index contributed by atoms with van der Waals surface area (Å²) >= 11 is 6.28. The Morgan fingerprint density at radius 2 is 1.78 bits per heavy atom. The van der Waals surface area contributed by atoms with Crippen LogP contribution in [-0.4, -0.2) is 73.8 Å². The van der Waals surface area contributed by atoms with Gasteiger partial charge in [-0.2, -0.15) is 9.97 Å². The normalized spacial score (nSPS) is 18.4. The van der Waals surface area contributed by atoms with Gasteiger partial charge in [0.25, 0.3) is 0 Å². The minimum absolute atomic E-state index is 0.251. The van der Waals surface area contributed by atoms with Crippen LogP contribution in [0.3, 0.4) is 0 Å². The smallest absolute Gasteiger partial charge is 0.229 e. The van der Waals surface area contributed by atoms with E-state index in [1.54, 1.807) is 6.20 Å². The maximum absolute atomic E-state index is 9.22. The lowest BCUT2D eigenvalue weighted by Crippen LogP contribution is -2.42. The van der Waals surface area contributed by atoms with Crippen LogP contribution in [0.1, 0.15) is 51.1 Å². The molecule has 0 amide bonds. The van der Waals surface area contributed by atoms with Crippen molar-refractivity contribution in [1.82, 2.24) is 29.4 Å². The number of aliphatic hydroxyl groups excluding tert-OH is 1. The van der Waals surface area contributed by atoms with Crippen LogP contribution in [0.2, 0.25) is 5.15 Å². The molecule has 5 rings (SSSR count). The number of piperidine rings is 2. The van der Waals surface area contributed by atoms with E-state index in [0.717, 1.165) is 73.1 Å². The van der Waals surface area contributed by atoms with Crippen LogP contribution < -0.4 is 10.2 Å². The molecule has 5 heterocycles. The molecule has 2 saturated heterocycles. The molecule has 2 fully saturated rings. The van der Waals surface area contributed by atoms with Gasteiger partial charge in [0.1, 0.15) is 5.15 Å². The molecule has 0 saturated carbocycles. The summed E-state index contributed by atoms with van der Waals surface area (Å²) in [6.07, 6.45) is 8.37. The van der Waals surface area contributed by atoms with Crippen LogP contribution in [0.5, 0.6) is 0 Å². The molecule has 0 aliphatic carbocycles. The van der Waals surface area contributed by atoms with E-state index >= 15 is 0 Å². The van der Waals surface area contributed by atoms with Gasteiger partial charge < -0.3 is 24.8 Å². The van der Waals surface area contributed by atoms with Crippen LogP contribution >= 0.6 is 11.6 Å². The van der Waals surface area contributed by atoms with Crippen molar-refractivity contribution in [2.75, 3.05) is 49.5 Å². The van der Waals surface area contributed by atoms with Gasteiger partial charge in [-0.1, -0.05) is 17.7 Å². The van der Waals surface area contributed by atoms with E-state index < -0.39 is 0 Å². The number of fused-ring (bicyclic) bond motifs is 1. The highest BCUT2D eigenvalue weighted by molar-refractivity contribution is 6.30. The Hall–Kier alpha value is -2.49. The molecule has 0 aromatic carbocycles. The lowest BCUT2D eigenvalue weighted by atomic mass is 9.79. The predicted octanol–water partition coefficient (Wildman–Crippen LogP) is 3.99. The number of likely N-dealkylation sites (tertiary alicyclic amines) is 1. The lowest BCUT2D eigenvalue weighted by Gasteiger charge is -2.40. The molecule has 36 heavy (non-hydrogen) atoms. The summed E-state index contributed by atoms with van der Waals surface area (Å²) in [4.78, 5) is 23.5. The molecule has 2 aliphatic heterocycles. The summed E-state index contributed by atoms with van der Waals surface area (Å²) in [5.74, 6) is 3.04. The average molecular weight is 513 g/mol. The third-order valence-corrected chi connectivity index (χ3v) is 8.13. The quantitative estimate of drug-likeness (QED) is 0.437. The molecule has 3 aromatic rings. The third-order valence-electron chi connectivity index (χ3n) is 7.79. The fraction of sp³-hybridized carbons (Fsp3) is 0.615. The first-order valence-corrected chi connectivity index (χ1v) is 13.6. The lowest BCUT2D eigenvalue weighted by molar-refractivity contribution is 0.115. The Kier molecular flexibility index (Phi) is 7.88. The molecule has 194 valence electrons. The molecule has 2 aliphatic rings. The van der Waals surface area contributed by atoms with Gasteiger partial charge in [0, 0.05) is 44.0 Å². The number of halogens is 1. The maximum atomic E-state index is 9.22. The number of anilines is 2. The Morgan fingerprint density at radius 1 is 1.06 bits per heavy atom. The molecular formula is C26H37ClN8O. The number of hydrogen-bond donors (Lipinski definition) is 2. The zero-order valence-corrected chi connectivity index (χ0v) is 22.0. The molecule has 0 unspecified atom stereocenters. The van der Waals surface area contributed by atoms with E-state index in [9.17, 15) is 5.11 Å². The van der Waals surface area contributed by atoms with Crippen molar-refractivity contribution >= 4 is 34.5 Å². The summed E-state index contributed by atoms with van der Waals surface area (Å²) in [7, 11) is 0. The van der Waals surface area contributed by atoms with Gasteiger partial charge in [-0.15, -0.1) is 0 Å². The topological polar surface area (TPSA) is 95.2 Å². The summed E-state index contributed by atoms with van der Waals surface area (Å²) in [5, 5.41) is 13.2. The van der Waals surface area contributed by atoms with E-state index in [0.29, 0.717) is 11.7 Å². The summed E-state index contributed by atoms with van der Waals surface area (Å²) in [5.41, 5.74) is 2.55. The van der Waals surface area contributed by atoms with Gasteiger partial charge in [-0.25, -0.2) is 9.97 Å². The highest BCUT2D eigenvalue weighted by Crippen LogP contribution is 2.34. The molecule has 0 radical (unpaired) electrons. The van der Waals surface area contributed by atoms with Crippen molar-refractivity contribution < 1.29 is 5.11 Å². The van der Waals surface area contributed by atoms with Crippen molar-refractivity contribution in [3.63, 3.8) is 0 Å². The summed E-state index contributed by atoms with van der Waals surface area (Å²) in [6, 6.07) is 4.10. The first-order valence-electron chi connectivity index (χ1n) is 13.2. The van der Waals surface area contributed by atoms with E-state index in [2.05, 4.69) is 43.5 Å². The SMILES string of the molecule is CC(C)n1cnc2c(NCc3cccnc3Cl)nc(N3CCC(C4CCN(CCO)CC4)CC3)nc21. The summed E-state index contributed by atoms with van der Waals surface area (Å²) in [6.45, 7) is 10.0. The second-order valence-corrected chi connectivity index (χ2v) is 10.7. The van der Waals surface area contributed by atoms with Crippen molar-refractivity contribution in [3.8, 4) is 0 Å². The van der Waals surface area contributed by atoms with Gasteiger partial charge >= 0.3 is 0 Å².